The molecule has 0 saturated heterocycles. The lowest BCUT2D eigenvalue weighted by molar-refractivity contribution is 1.11. The van der Waals surface area contributed by atoms with Crippen LogP contribution in [0.1, 0.15) is 5.69 Å². The van der Waals surface area contributed by atoms with Gasteiger partial charge in [0.25, 0.3) is 0 Å². The van der Waals surface area contributed by atoms with E-state index in [9.17, 15) is 0 Å². The highest BCUT2D eigenvalue weighted by atomic mass is 79.9. The Hall–Kier alpha value is -0.630. The van der Waals surface area contributed by atoms with Crippen LogP contribution < -0.4 is 0 Å². The summed E-state index contributed by atoms with van der Waals surface area (Å²) in [5, 5.41) is 0. The SMILES string of the molecule is C=C(Br)Cc1ccccn1. The Bertz CT molecular complexity index is 218. The molecule has 0 aliphatic rings. The maximum atomic E-state index is 4.13. The lowest BCUT2D eigenvalue weighted by Gasteiger charge is -1.94. The Morgan fingerprint density at radius 2 is 2.40 bits per heavy atom. The Labute approximate surface area is 68.9 Å². The van der Waals surface area contributed by atoms with Crippen LogP contribution in [-0.2, 0) is 6.42 Å². The van der Waals surface area contributed by atoms with Crippen molar-refractivity contribution in [1.29, 1.82) is 0 Å². The monoisotopic (exact) mass is 197 g/mol. The third kappa shape index (κ3) is 2.31. The lowest BCUT2D eigenvalue weighted by atomic mass is 10.3. The molecule has 2 heteroatoms. The van der Waals surface area contributed by atoms with Crippen LogP contribution in [0, 0.1) is 0 Å². The highest BCUT2D eigenvalue weighted by Gasteiger charge is 1.91. The third-order valence-electron chi connectivity index (χ3n) is 1.10. The van der Waals surface area contributed by atoms with Crippen molar-refractivity contribution in [1.82, 2.24) is 4.98 Å². The number of pyridine rings is 1. The first-order valence-corrected chi connectivity index (χ1v) is 3.81. The summed E-state index contributed by atoms with van der Waals surface area (Å²) in [6, 6.07) is 5.85. The largest absolute Gasteiger partial charge is 0.261 e. The van der Waals surface area contributed by atoms with Gasteiger partial charge >= 0.3 is 0 Å². The van der Waals surface area contributed by atoms with Crippen LogP contribution in [0.3, 0.4) is 0 Å². The maximum absolute atomic E-state index is 4.13. The molecule has 0 fully saturated rings. The highest BCUT2D eigenvalue weighted by molar-refractivity contribution is 9.11. The zero-order valence-corrected chi connectivity index (χ0v) is 7.13. The molecule has 0 aliphatic heterocycles. The van der Waals surface area contributed by atoms with Crippen LogP contribution in [0.2, 0.25) is 0 Å². The number of aromatic nitrogens is 1. The summed E-state index contributed by atoms with van der Waals surface area (Å²) in [6.45, 7) is 3.73. The van der Waals surface area contributed by atoms with Gasteiger partial charge in [-0.1, -0.05) is 28.6 Å². The average Bonchev–Trinajstić information content (AvgIpc) is 1.88. The molecule has 0 N–H and O–H groups in total. The summed E-state index contributed by atoms with van der Waals surface area (Å²) in [5.74, 6) is 0. The number of hydrogen-bond donors (Lipinski definition) is 0. The van der Waals surface area contributed by atoms with Crippen LogP contribution in [0.4, 0.5) is 0 Å². The van der Waals surface area contributed by atoms with Crippen LogP contribution in [0.15, 0.2) is 35.5 Å². The lowest BCUT2D eigenvalue weighted by Crippen LogP contribution is -1.86. The van der Waals surface area contributed by atoms with Gasteiger partial charge in [0.15, 0.2) is 0 Å². The topological polar surface area (TPSA) is 12.9 Å². The smallest absolute Gasteiger partial charge is 0.0452 e. The zero-order chi connectivity index (χ0) is 7.40. The molecular formula is C8H8BrN. The quantitative estimate of drug-likeness (QED) is 0.711. The first-order valence-electron chi connectivity index (χ1n) is 3.02. The summed E-state index contributed by atoms with van der Waals surface area (Å²) >= 11 is 3.28. The molecule has 1 rings (SSSR count). The molecule has 0 aliphatic carbocycles. The maximum Gasteiger partial charge on any atom is 0.0452 e. The second-order valence-corrected chi connectivity index (χ2v) is 3.14. The average molecular weight is 198 g/mol. The molecule has 1 aromatic rings. The minimum Gasteiger partial charge on any atom is -0.261 e. The van der Waals surface area contributed by atoms with Crippen molar-refractivity contribution in [2.45, 2.75) is 6.42 Å². The molecule has 52 valence electrons. The van der Waals surface area contributed by atoms with Crippen molar-refractivity contribution in [3.63, 3.8) is 0 Å². The molecule has 1 heterocycles. The van der Waals surface area contributed by atoms with Gasteiger partial charge in [0.1, 0.15) is 0 Å². The van der Waals surface area contributed by atoms with Gasteiger partial charge in [0, 0.05) is 18.3 Å². The van der Waals surface area contributed by atoms with Crippen molar-refractivity contribution in [3.05, 3.63) is 41.2 Å². The van der Waals surface area contributed by atoms with Crippen molar-refractivity contribution < 1.29 is 0 Å². The van der Waals surface area contributed by atoms with E-state index in [0.29, 0.717) is 0 Å². The van der Waals surface area contributed by atoms with Gasteiger partial charge in [-0.25, -0.2) is 0 Å². The summed E-state index contributed by atoms with van der Waals surface area (Å²) in [4.78, 5) is 4.13. The summed E-state index contributed by atoms with van der Waals surface area (Å²) in [6.07, 6.45) is 2.59. The van der Waals surface area contributed by atoms with E-state index < -0.39 is 0 Å². The van der Waals surface area contributed by atoms with Crippen molar-refractivity contribution >= 4 is 15.9 Å². The number of hydrogen-bond acceptors (Lipinski definition) is 1. The van der Waals surface area contributed by atoms with Crippen LogP contribution in [0.5, 0.6) is 0 Å². The number of rotatable bonds is 2. The van der Waals surface area contributed by atoms with Crippen LogP contribution in [0.25, 0.3) is 0 Å². The molecule has 0 saturated carbocycles. The van der Waals surface area contributed by atoms with E-state index in [1.165, 1.54) is 0 Å². The fourth-order valence-electron chi connectivity index (χ4n) is 0.699. The summed E-state index contributed by atoms with van der Waals surface area (Å²) in [5.41, 5.74) is 1.05. The molecule has 0 radical (unpaired) electrons. The minimum atomic E-state index is 0.806. The molecular weight excluding hydrogens is 190 g/mol. The van der Waals surface area contributed by atoms with E-state index in [1.807, 2.05) is 18.2 Å². The predicted molar refractivity (Wildman–Crippen MR) is 46.0 cm³/mol. The van der Waals surface area contributed by atoms with Crippen molar-refractivity contribution in [2.24, 2.45) is 0 Å². The molecule has 0 amide bonds. The predicted octanol–water partition coefficient (Wildman–Crippen LogP) is 2.53. The first kappa shape index (κ1) is 7.48. The molecule has 0 aromatic carbocycles. The molecule has 0 atom stereocenters. The summed E-state index contributed by atoms with van der Waals surface area (Å²) in [7, 11) is 0. The summed E-state index contributed by atoms with van der Waals surface area (Å²) < 4.78 is 0.964. The third-order valence-corrected chi connectivity index (χ3v) is 1.38. The van der Waals surface area contributed by atoms with Gasteiger partial charge in [-0.2, -0.15) is 0 Å². The minimum absolute atomic E-state index is 0.806. The normalized spacial score (nSPS) is 9.30. The number of halogens is 1. The van der Waals surface area contributed by atoms with Crippen molar-refractivity contribution in [2.75, 3.05) is 0 Å². The number of nitrogens with zero attached hydrogens (tertiary/aromatic N) is 1. The van der Waals surface area contributed by atoms with E-state index in [1.54, 1.807) is 6.20 Å². The molecule has 1 nitrogen and oxygen atoms in total. The van der Waals surface area contributed by atoms with Crippen LogP contribution in [-0.4, -0.2) is 4.98 Å². The Kier molecular flexibility index (Phi) is 2.63. The van der Waals surface area contributed by atoms with E-state index >= 15 is 0 Å². The van der Waals surface area contributed by atoms with Gasteiger partial charge in [-0.3, -0.25) is 4.98 Å². The fraction of sp³-hybridized carbons (Fsp3) is 0.125. The van der Waals surface area contributed by atoms with E-state index in [0.717, 1.165) is 16.6 Å². The van der Waals surface area contributed by atoms with Crippen LogP contribution >= 0.6 is 15.9 Å². The van der Waals surface area contributed by atoms with Gasteiger partial charge in [0.05, 0.1) is 0 Å². The number of allylic oxidation sites excluding steroid dienone is 1. The Morgan fingerprint density at radius 1 is 1.60 bits per heavy atom. The van der Waals surface area contributed by atoms with Gasteiger partial charge in [0.2, 0.25) is 0 Å². The van der Waals surface area contributed by atoms with E-state index in [2.05, 4.69) is 27.5 Å². The zero-order valence-electron chi connectivity index (χ0n) is 5.55. The van der Waals surface area contributed by atoms with E-state index in [-0.39, 0.29) is 0 Å². The fourth-order valence-corrected chi connectivity index (χ4v) is 0.986. The van der Waals surface area contributed by atoms with Gasteiger partial charge in [-0.05, 0) is 16.6 Å². The molecule has 1 aromatic heterocycles. The second-order valence-electron chi connectivity index (χ2n) is 2.02. The molecule has 0 unspecified atom stereocenters. The highest BCUT2D eigenvalue weighted by Crippen LogP contribution is 2.07. The van der Waals surface area contributed by atoms with E-state index in [4.69, 9.17) is 0 Å². The Morgan fingerprint density at radius 3 is 2.90 bits per heavy atom. The molecule has 0 bridgehead atoms. The van der Waals surface area contributed by atoms with Gasteiger partial charge < -0.3 is 0 Å². The standard InChI is InChI=1S/C8H8BrN/c1-7(9)6-8-4-2-3-5-10-8/h2-5H,1,6H2. The molecule has 10 heavy (non-hydrogen) atoms. The Balaban J connectivity index is 2.67. The van der Waals surface area contributed by atoms with Gasteiger partial charge in [-0.15, -0.1) is 0 Å². The molecule has 0 spiro atoms. The first-order chi connectivity index (χ1) is 4.79. The van der Waals surface area contributed by atoms with Crippen molar-refractivity contribution in [3.8, 4) is 0 Å². The second kappa shape index (κ2) is 3.52.